The van der Waals surface area contributed by atoms with Crippen LogP contribution in [0, 0.1) is 0 Å². The molecule has 5 heteroatoms. The van der Waals surface area contributed by atoms with Gasteiger partial charge in [0, 0.05) is 19.4 Å². The Kier molecular flexibility index (Phi) is 54.9. The lowest BCUT2D eigenvalue weighted by Crippen LogP contribution is -2.30. The van der Waals surface area contributed by atoms with E-state index in [-0.39, 0.29) is 25.2 Å². The zero-order chi connectivity index (χ0) is 47.7. The highest BCUT2D eigenvalue weighted by atomic mass is 16.6. The van der Waals surface area contributed by atoms with Crippen molar-refractivity contribution in [2.75, 3.05) is 19.8 Å². The van der Waals surface area contributed by atoms with Crippen LogP contribution in [0.3, 0.4) is 0 Å². The Bertz CT molecular complexity index is 1130. The molecule has 0 aliphatic heterocycles. The van der Waals surface area contributed by atoms with Gasteiger partial charge in [-0.1, -0.05) is 255 Å². The molecule has 0 heterocycles. The Morgan fingerprint density at radius 2 is 0.682 bits per heavy atom. The Morgan fingerprint density at radius 1 is 0.348 bits per heavy atom. The van der Waals surface area contributed by atoms with Crippen LogP contribution in [0.4, 0.5) is 0 Å². The number of hydrogen-bond acceptors (Lipinski definition) is 5. The lowest BCUT2D eigenvalue weighted by molar-refractivity contribution is -0.163. The minimum absolute atomic E-state index is 0.0773. The fourth-order valence-corrected chi connectivity index (χ4v) is 8.26. The van der Waals surface area contributed by atoms with Gasteiger partial charge in [0.05, 0.1) is 6.61 Å². The van der Waals surface area contributed by atoms with Crippen molar-refractivity contribution in [3.63, 3.8) is 0 Å². The molecular formula is C61H110O5. The summed E-state index contributed by atoms with van der Waals surface area (Å²) in [5.74, 6) is -0.405. The van der Waals surface area contributed by atoms with Crippen molar-refractivity contribution in [1.82, 2.24) is 0 Å². The molecule has 0 spiro atoms. The van der Waals surface area contributed by atoms with Crippen molar-refractivity contribution in [3.05, 3.63) is 60.8 Å². The molecular weight excluding hydrogens is 813 g/mol. The van der Waals surface area contributed by atoms with E-state index in [1.54, 1.807) is 0 Å². The molecule has 0 aromatic carbocycles. The molecule has 0 aromatic heterocycles. The van der Waals surface area contributed by atoms with Gasteiger partial charge in [0.1, 0.15) is 6.61 Å². The van der Waals surface area contributed by atoms with Crippen molar-refractivity contribution in [2.24, 2.45) is 0 Å². The van der Waals surface area contributed by atoms with Crippen LogP contribution in [0.1, 0.15) is 290 Å². The third-order valence-electron chi connectivity index (χ3n) is 12.5. The zero-order valence-electron chi connectivity index (χ0n) is 44.2. The van der Waals surface area contributed by atoms with E-state index in [1.165, 1.54) is 180 Å². The van der Waals surface area contributed by atoms with Crippen molar-refractivity contribution in [1.29, 1.82) is 0 Å². The van der Waals surface area contributed by atoms with E-state index in [0.29, 0.717) is 19.4 Å². The van der Waals surface area contributed by atoms with Gasteiger partial charge in [-0.15, -0.1) is 0 Å². The maximum atomic E-state index is 12.9. The first kappa shape index (κ1) is 63.6. The maximum absolute atomic E-state index is 12.9. The van der Waals surface area contributed by atoms with Gasteiger partial charge in [0.25, 0.3) is 0 Å². The molecule has 0 bridgehead atoms. The summed E-state index contributed by atoms with van der Waals surface area (Å²) in [6.07, 6.45) is 72.4. The van der Waals surface area contributed by atoms with E-state index in [9.17, 15) is 9.59 Å². The number of rotatable bonds is 53. The standard InChI is InChI=1S/C61H110O5/c1-4-7-10-13-16-19-22-25-28-29-30-31-32-35-38-41-44-47-50-53-56-64-57-59(66-61(63)55-52-49-46-43-40-37-34-27-24-21-18-15-12-9-6-3)58-65-60(62)54-51-48-45-42-39-36-33-26-23-20-17-14-11-8-5-2/h8,11,16-17,19-20,25-26,28,33,59H,4-7,9-10,12-15,18,21-24,27,29-32,34-58H2,1-3H3/b11-8-,19-16-,20-17-,28-25-,33-26-. The molecule has 0 saturated carbocycles. The van der Waals surface area contributed by atoms with E-state index < -0.39 is 6.10 Å². The zero-order valence-corrected chi connectivity index (χ0v) is 44.2. The van der Waals surface area contributed by atoms with Crippen molar-refractivity contribution >= 4 is 11.9 Å². The lowest BCUT2D eigenvalue weighted by atomic mass is 10.0. The normalized spacial score (nSPS) is 12.6. The van der Waals surface area contributed by atoms with Crippen LogP contribution in [0.2, 0.25) is 0 Å². The summed E-state index contributed by atoms with van der Waals surface area (Å²) in [4.78, 5) is 25.5. The predicted octanol–water partition coefficient (Wildman–Crippen LogP) is 19.7. The first-order valence-corrected chi connectivity index (χ1v) is 28.8. The monoisotopic (exact) mass is 923 g/mol. The summed E-state index contributed by atoms with van der Waals surface area (Å²) in [5.41, 5.74) is 0. The predicted molar refractivity (Wildman–Crippen MR) is 288 cm³/mol. The molecule has 0 saturated heterocycles. The van der Waals surface area contributed by atoms with Gasteiger partial charge in [-0.05, 0) is 83.5 Å². The van der Waals surface area contributed by atoms with Gasteiger partial charge >= 0.3 is 11.9 Å². The summed E-state index contributed by atoms with van der Waals surface area (Å²) in [6.45, 7) is 7.71. The minimum Gasteiger partial charge on any atom is -0.462 e. The summed E-state index contributed by atoms with van der Waals surface area (Å²) in [5, 5.41) is 0. The third-order valence-corrected chi connectivity index (χ3v) is 12.5. The molecule has 0 aliphatic rings. The lowest BCUT2D eigenvalue weighted by Gasteiger charge is -2.18. The average molecular weight is 924 g/mol. The molecule has 0 aliphatic carbocycles. The second-order valence-electron chi connectivity index (χ2n) is 19.2. The quantitative estimate of drug-likeness (QED) is 0.0346. The first-order chi connectivity index (χ1) is 32.6. The van der Waals surface area contributed by atoms with Crippen molar-refractivity contribution in [2.45, 2.75) is 297 Å². The Morgan fingerprint density at radius 3 is 1.12 bits per heavy atom. The number of carbonyl (C=O) groups excluding carboxylic acids is 2. The Balaban J connectivity index is 4.26. The summed E-state index contributed by atoms with van der Waals surface area (Å²) < 4.78 is 17.5. The van der Waals surface area contributed by atoms with Gasteiger partial charge in [-0.2, -0.15) is 0 Å². The maximum Gasteiger partial charge on any atom is 0.306 e. The molecule has 0 fully saturated rings. The summed E-state index contributed by atoms with van der Waals surface area (Å²) >= 11 is 0. The summed E-state index contributed by atoms with van der Waals surface area (Å²) in [7, 11) is 0. The highest BCUT2D eigenvalue weighted by Crippen LogP contribution is 2.16. The number of hydrogen-bond donors (Lipinski definition) is 0. The third kappa shape index (κ3) is 54.2. The molecule has 0 amide bonds. The van der Waals surface area contributed by atoms with Gasteiger partial charge < -0.3 is 14.2 Å². The molecule has 384 valence electrons. The molecule has 1 atom stereocenters. The van der Waals surface area contributed by atoms with Gasteiger partial charge in [-0.25, -0.2) is 0 Å². The van der Waals surface area contributed by atoms with Crippen LogP contribution in [-0.4, -0.2) is 37.9 Å². The second-order valence-corrected chi connectivity index (χ2v) is 19.2. The molecule has 5 nitrogen and oxygen atoms in total. The summed E-state index contributed by atoms with van der Waals surface area (Å²) in [6, 6.07) is 0. The second kappa shape index (κ2) is 56.9. The fourth-order valence-electron chi connectivity index (χ4n) is 8.26. The molecule has 0 rings (SSSR count). The molecule has 0 radical (unpaired) electrons. The molecule has 0 aromatic rings. The Hall–Kier alpha value is -2.40. The van der Waals surface area contributed by atoms with Crippen molar-refractivity contribution < 1.29 is 23.8 Å². The van der Waals surface area contributed by atoms with Crippen LogP contribution in [-0.2, 0) is 23.8 Å². The van der Waals surface area contributed by atoms with Crippen LogP contribution in [0.5, 0.6) is 0 Å². The van der Waals surface area contributed by atoms with E-state index in [2.05, 4.69) is 81.5 Å². The van der Waals surface area contributed by atoms with E-state index >= 15 is 0 Å². The average Bonchev–Trinajstić information content (AvgIpc) is 3.32. The van der Waals surface area contributed by atoms with Gasteiger partial charge in [0.15, 0.2) is 6.10 Å². The fraction of sp³-hybridized carbons (Fsp3) is 0.803. The van der Waals surface area contributed by atoms with Crippen LogP contribution >= 0.6 is 0 Å². The smallest absolute Gasteiger partial charge is 0.306 e. The number of unbranched alkanes of at least 4 members (excludes halogenated alkanes) is 32. The number of allylic oxidation sites excluding steroid dienone is 10. The highest BCUT2D eigenvalue weighted by molar-refractivity contribution is 5.70. The van der Waals surface area contributed by atoms with Crippen LogP contribution < -0.4 is 0 Å². The minimum atomic E-state index is -0.544. The number of ether oxygens (including phenoxy) is 3. The molecule has 0 N–H and O–H groups in total. The van der Waals surface area contributed by atoms with Gasteiger partial charge in [0.2, 0.25) is 0 Å². The van der Waals surface area contributed by atoms with E-state index in [0.717, 1.165) is 77.0 Å². The van der Waals surface area contributed by atoms with E-state index in [4.69, 9.17) is 14.2 Å². The van der Waals surface area contributed by atoms with Crippen molar-refractivity contribution in [3.8, 4) is 0 Å². The van der Waals surface area contributed by atoms with E-state index in [1.807, 2.05) is 0 Å². The number of carbonyl (C=O) groups is 2. The number of esters is 2. The molecule has 1 unspecified atom stereocenters. The topological polar surface area (TPSA) is 61.8 Å². The molecule has 66 heavy (non-hydrogen) atoms. The largest absolute Gasteiger partial charge is 0.462 e. The Labute approximate surface area is 411 Å². The highest BCUT2D eigenvalue weighted by Gasteiger charge is 2.17. The SMILES string of the molecule is CC/C=C\C/C=C\C/C=C\CCCCCCCC(=O)OCC(COCCCCCCCCCCCC/C=C\C/C=C\CCCCC)OC(=O)CCCCCCCCCCCCCCCCC. The van der Waals surface area contributed by atoms with Crippen LogP contribution in [0.25, 0.3) is 0 Å². The van der Waals surface area contributed by atoms with Crippen LogP contribution in [0.15, 0.2) is 60.8 Å². The van der Waals surface area contributed by atoms with Gasteiger partial charge in [-0.3, -0.25) is 9.59 Å². The first-order valence-electron chi connectivity index (χ1n) is 28.8.